The van der Waals surface area contributed by atoms with Crippen LogP contribution >= 0.6 is 0 Å². The minimum atomic E-state index is -0.0580. The van der Waals surface area contributed by atoms with E-state index in [0.29, 0.717) is 24.4 Å². The van der Waals surface area contributed by atoms with Crippen LogP contribution in [0.25, 0.3) is 0 Å². The average Bonchev–Trinajstić information content (AvgIpc) is 2.97. The lowest BCUT2D eigenvalue weighted by Gasteiger charge is -2.43. The minimum Gasteiger partial charge on any atom is -0.377 e. The Morgan fingerprint density at radius 3 is 2.62 bits per heavy atom. The Labute approximate surface area is 156 Å². The second-order valence-electron chi connectivity index (χ2n) is 9.78. The van der Waals surface area contributed by atoms with Gasteiger partial charge in [0.25, 0.3) is 0 Å². The van der Waals surface area contributed by atoms with Crippen molar-refractivity contribution >= 4 is 5.78 Å². The molecule has 0 N–H and O–H groups in total. The molecule has 0 aromatic heterocycles. The van der Waals surface area contributed by atoms with Crippen LogP contribution in [0.15, 0.2) is 24.3 Å². The first-order valence-electron chi connectivity index (χ1n) is 10.4. The molecule has 0 radical (unpaired) electrons. The Hall–Kier alpha value is -1.19. The molecule has 7 rings (SSSR count). The van der Waals surface area contributed by atoms with E-state index in [1.807, 2.05) is 24.3 Å². The first-order chi connectivity index (χ1) is 12.5. The van der Waals surface area contributed by atoms with Gasteiger partial charge in [-0.3, -0.25) is 4.79 Å². The van der Waals surface area contributed by atoms with Gasteiger partial charge in [0, 0.05) is 30.4 Å². The summed E-state index contributed by atoms with van der Waals surface area (Å²) in [6.45, 7) is 3.97. The predicted molar refractivity (Wildman–Crippen MR) is 100 cm³/mol. The second kappa shape index (κ2) is 6.17. The monoisotopic (exact) mass is 354 g/mol. The summed E-state index contributed by atoms with van der Waals surface area (Å²) in [7, 11) is 0. The largest absolute Gasteiger partial charge is 0.377 e. The van der Waals surface area contributed by atoms with Crippen LogP contribution in [0.2, 0.25) is 0 Å². The third kappa shape index (κ3) is 2.93. The van der Waals surface area contributed by atoms with Crippen LogP contribution in [-0.4, -0.2) is 24.6 Å². The van der Waals surface area contributed by atoms with Gasteiger partial charge in [-0.2, -0.15) is 0 Å². The molecule has 4 aliphatic heterocycles. The lowest BCUT2D eigenvalue weighted by Crippen LogP contribution is -2.39. The number of carbonyl (C=O) groups excluding carboxylic acids is 1. The molecule has 4 fully saturated rings. The third-order valence-electron chi connectivity index (χ3n) is 7.69. The Kier molecular flexibility index (Phi) is 4.02. The van der Waals surface area contributed by atoms with Gasteiger partial charge in [-0.05, 0) is 55.4 Å². The minimum absolute atomic E-state index is 0.0580. The van der Waals surface area contributed by atoms with Crippen LogP contribution in [0.5, 0.6) is 0 Å². The maximum atomic E-state index is 13.2. The number of benzene rings is 1. The van der Waals surface area contributed by atoms with Gasteiger partial charge in [0.15, 0.2) is 5.78 Å². The quantitative estimate of drug-likeness (QED) is 0.663. The van der Waals surface area contributed by atoms with Crippen molar-refractivity contribution in [2.24, 2.45) is 16.7 Å². The highest BCUT2D eigenvalue weighted by atomic mass is 16.5. The molecule has 6 bridgehead atoms. The molecule has 140 valence electrons. The molecule has 0 amide bonds. The topological polar surface area (TPSA) is 35.5 Å². The highest BCUT2D eigenvalue weighted by Crippen LogP contribution is 2.57. The number of fused-ring (bicyclic) bond motifs is 7. The number of hydrogen-bond donors (Lipinski definition) is 0. The molecule has 1 spiro atoms. The molecule has 2 saturated heterocycles. The molecule has 26 heavy (non-hydrogen) atoms. The molecule has 1 aromatic rings. The van der Waals surface area contributed by atoms with Crippen LogP contribution < -0.4 is 0 Å². The van der Waals surface area contributed by atoms with Gasteiger partial charge in [0.1, 0.15) is 0 Å². The van der Waals surface area contributed by atoms with Crippen molar-refractivity contribution in [2.75, 3.05) is 6.61 Å². The zero-order valence-electron chi connectivity index (χ0n) is 15.8. The van der Waals surface area contributed by atoms with Crippen molar-refractivity contribution in [1.29, 1.82) is 0 Å². The van der Waals surface area contributed by atoms with Gasteiger partial charge < -0.3 is 9.47 Å². The van der Waals surface area contributed by atoms with Crippen molar-refractivity contribution in [3.05, 3.63) is 35.4 Å². The second-order valence-corrected chi connectivity index (χ2v) is 9.78. The standard InChI is InChI=1S/C23H30O3/c1-22-8-6-17(7-9-22)14-26-21-10-19-11-23(21,15-22)12-20(24)18-4-2-16(3-5-18)13-25-19/h2-5,17,19,21H,6-15H2,1H3/t17?,19-,21?,22?,23?/m1/s1. The zero-order chi connectivity index (χ0) is 17.8. The van der Waals surface area contributed by atoms with Crippen LogP contribution in [0, 0.1) is 16.7 Å². The zero-order valence-corrected chi connectivity index (χ0v) is 15.8. The molecule has 1 aromatic carbocycles. The fraction of sp³-hybridized carbons (Fsp3) is 0.696. The fourth-order valence-electron chi connectivity index (χ4n) is 6.21. The van der Waals surface area contributed by atoms with E-state index in [1.54, 1.807) is 0 Å². The number of ether oxygens (including phenoxy) is 2. The molecule has 3 atom stereocenters. The smallest absolute Gasteiger partial charge is 0.163 e. The van der Waals surface area contributed by atoms with Crippen molar-refractivity contribution in [1.82, 2.24) is 0 Å². The summed E-state index contributed by atoms with van der Waals surface area (Å²) < 4.78 is 12.8. The first-order valence-corrected chi connectivity index (χ1v) is 10.4. The summed E-state index contributed by atoms with van der Waals surface area (Å²) in [5.41, 5.74) is 2.30. The van der Waals surface area contributed by atoms with E-state index in [-0.39, 0.29) is 23.4 Å². The number of hydrogen-bond acceptors (Lipinski definition) is 3. The molecule has 3 heteroatoms. The summed E-state index contributed by atoms with van der Waals surface area (Å²) in [6.07, 6.45) is 9.17. The van der Waals surface area contributed by atoms with Crippen LogP contribution in [0.4, 0.5) is 0 Å². The normalized spacial score (nSPS) is 42.5. The maximum Gasteiger partial charge on any atom is 0.163 e. The van der Waals surface area contributed by atoms with E-state index in [4.69, 9.17) is 9.47 Å². The fourth-order valence-corrected chi connectivity index (χ4v) is 6.21. The Balaban J connectivity index is 1.54. The molecule has 3 nitrogen and oxygen atoms in total. The molecular weight excluding hydrogens is 324 g/mol. The average molecular weight is 354 g/mol. The Morgan fingerprint density at radius 2 is 1.85 bits per heavy atom. The van der Waals surface area contributed by atoms with E-state index in [9.17, 15) is 4.79 Å². The first kappa shape index (κ1) is 16.9. The Morgan fingerprint density at radius 1 is 1.08 bits per heavy atom. The highest BCUT2D eigenvalue weighted by Gasteiger charge is 2.54. The van der Waals surface area contributed by atoms with Gasteiger partial charge in [0.05, 0.1) is 18.8 Å². The van der Waals surface area contributed by atoms with Gasteiger partial charge in [-0.15, -0.1) is 0 Å². The van der Waals surface area contributed by atoms with Gasteiger partial charge in [-0.1, -0.05) is 31.2 Å². The number of carbonyl (C=O) groups is 1. The summed E-state index contributed by atoms with van der Waals surface area (Å²) in [6, 6.07) is 8.05. The van der Waals surface area contributed by atoms with E-state index in [1.165, 1.54) is 25.7 Å². The maximum absolute atomic E-state index is 13.2. The lowest BCUT2D eigenvalue weighted by atomic mass is 9.61. The SMILES string of the molecule is CC12CCC(CC1)COC1C[C@@H]3CC1(CC(=O)c1ccc(cc1)CO3)C2. The number of ketones is 1. The van der Waals surface area contributed by atoms with Crippen molar-refractivity contribution in [3.63, 3.8) is 0 Å². The van der Waals surface area contributed by atoms with Crippen LogP contribution in [-0.2, 0) is 16.1 Å². The third-order valence-corrected chi connectivity index (χ3v) is 7.69. The summed E-state index contributed by atoms with van der Waals surface area (Å²) in [5.74, 6) is 0.991. The predicted octanol–water partition coefficient (Wildman–Crippen LogP) is 4.92. The van der Waals surface area contributed by atoms with E-state index in [2.05, 4.69) is 6.92 Å². The van der Waals surface area contributed by atoms with Crippen molar-refractivity contribution in [2.45, 2.75) is 77.1 Å². The van der Waals surface area contributed by atoms with Crippen molar-refractivity contribution < 1.29 is 14.3 Å². The van der Waals surface area contributed by atoms with Gasteiger partial charge >= 0.3 is 0 Å². The molecule has 2 unspecified atom stereocenters. The van der Waals surface area contributed by atoms with Crippen LogP contribution in [0.3, 0.4) is 0 Å². The molecular formula is C23H30O3. The van der Waals surface area contributed by atoms with Gasteiger partial charge in [-0.25, -0.2) is 0 Å². The molecule has 4 heterocycles. The van der Waals surface area contributed by atoms with Gasteiger partial charge in [0.2, 0.25) is 0 Å². The lowest BCUT2D eigenvalue weighted by molar-refractivity contribution is -0.0397. The summed E-state index contributed by atoms with van der Waals surface area (Å²) >= 11 is 0. The summed E-state index contributed by atoms with van der Waals surface area (Å²) in [4.78, 5) is 13.2. The molecule has 2 saturated carbocycles. The van der Waals surface area contributed by atoms with E-state index < -0.39 is 0 Å². The van der Waals surface area contributed by atoms with E-state index in [0.717, 1.165) is 37.0 Å². The summed E-state index contributed by atoms with van der Waals surface area (Å²) in [5, 5.41) is 0. The van der Waals surface area contributed by atoms with E-state index >= 15 is 0 Å². The van der Waals surface area contributed by atoms with Crippen LogP contribution in [0.1, 0.15) is 74.2 Å². The highest BCUT2D eigenvalue weighted by molar-refractivity contribution is 5.96. The number of Topliss-reactive ketones (excluding diaryl/α,β-unsaturated/α-hetero) is 1. The molecule has 2 aliphatic carbocycles. The Bertz CT molecular complexity index is 686. The molecule has 6 aliphatic rings. The number of rotatable bonds is 0. The van der Waals surface area contributed by atoms with Crippen molar-refractivity contribution in [3.8, 4) is 0 Å².